The summed E-state index contributed by atoms with van der Waals surface area (Å²) in [7, 11) is 0. The van der Waals surface area contributed by atoms with E-state index in [9.17, 15) is 0 Å². The number of piperidine rings is 1. The fourth-order valence-corrected chi connectivity index (χ4v) is 3.38. The van der Waals surface area contributed by atoms with Crippen molar-refractivity contribution in [3.63, 3.8) is 0 Å². The van der Waals surface area contributed by atoms with E-state index in [0.717, 1.165) is 17.9 Å². The summed E-state index contributed by atoms with van der Waals surface area (Å²) in [6.07, 6.45) is 8.53. The van der Waals surface area contributed by atoms with Gasteiger partial charge in [-0.3, -0.25) is 0 Å². The van der Waals surface area contributed by atoms with Gasteiger partial charge in [-0.15, -0.1) is 0 Å². The summed E-state index contributed by atoms with van der Waals surface area (Å²) < 4.78 is 0. The van der Waals surface area contributed by atoms with Crippen molar-refractivity contribution in [3.8, 4) is 0 Å². The molecule has 2 aliphatic heterocycles. The minimum Gasteiger partial charge on any atom is -0.317 e. The first kappa shape index (κ1) is 13.4. The highest BCUT2D eigenvalue weighted by molar-refractivity contribution is 4.82. The van der Waals surface area contributed by atoms with E-state index < -0.39 is 0 Å². The topological polar surface area (TPSA) is 15.3 Å². The Hall–Kier alpha value is -0.0800. The minimum absolute atomic E-state index is 0.872. The Bertz CT molecular complexity index is 209. The van der Waals surface area contributed by atoms with E-state index in [1.807, 2.05) is 0 Å². The Balaban J connectivity index is 1.73. The van der Waals surface area contributed by atoms with Crippen molar-refractivity contribution < 1.29 is 0 Å². The second-order valence-electron chi connectivity index (χ2n) is 6.46. The molecule has 0 aromatic rings. The van der Waals surface area contributed by atoms with Crippen molar-refractivity contribution in [2.24, 2.45) is 11.8 Å². The van der Waals surface area contributed by atoms with Gasteiger partial charge in [-0.05, 0) is 70.0 Å². The second-order valence-corrected chi connectivity index (χ2v) is 6.46. The molecular formula is C15H30N2. The van der Waals surface area contributed by atoms with Gasteiger partial charge in [0.1, 0.15) is 0 Å². The van der Waals surface area contributed by atoms with Gasteiger partial charge in [0, 0.05) is 12.6 Å². The molecule has 0 aromatic carbocycles. The van der Waals surface area contributed by atoms with Crippen LogP contribution in [0.3, 0.4) is 0 Å². The van der Waals surface area contributed by atoms with Crippen molar-refractivity contribution in [1.82, 2.24) is 10.2 Å². The zero-order valence-corrected chi connectivity index (χ0v) is 11.8. The molecule has 0 saturated carbocycles. The maximum atomic E-state index is 3.47. The van der Waals surface area contributed by atoms with Crippen LogP contribution in [0.4, 0.5) is 0 Å². The van der Waals surface area contributed by atoms with Crippen molar-refractivity contribution in [1.29, 1.82) is 0 Å². The quantitative estimate of drug-likeness (QED) is 0.792. The van der Waals surface area contributed by atoms with Crippen LogP contribution in [-0.2, 0) is 0 Å². The van der Waals surface area contributed by atoms with Gasteiger partial charge in [0.15, 0.2) is 0 Å². The summed E-state index contributed by atoms with van der Waals surface area (Å²) in [6, 6.07) is 0.910. The smallest absolute Gasteiger partial charge is 0.00959 e. The van der Waals surface area contributed by atoms with Crippen LogP contribution in [0.2, 0.25) is 0 Å². The van der Waals surface area contributed by atoms with Crippen molar-refractivity contribution in [2.75, 3.05) is 26.2 Å². The molecule has 2 rings (SSSR count). The maximum Gasteiger partial charge on any atom is 0.00959 e. The van der Waals surface area contributed by atoms with E-state index in [2.05, 4.69) is 24.1 Å². The third kappa shape index (κ3) is 4.26. The number of likely N-dealkylation sites (tertiary alicyclic amines) is 1. The number of hydrogen-bond donors (Lipinski definition) is 1. The molecule has 0 radical (unpaired) electrons. The lowest BCUT2D eigenvalue weighted by atomic mass is 9.96. The molecule has 0 aliphatic carbocycles. The average Bonchev–Trinajstić information content (AvgIpc) is 2.75. The van der Waals surface area contributed by atoms with E-state index in [0.29, 0.717) is 0 Å². The van der Waals surface area contributed by atoms with Crippen molar-refractivity contribution in [3.05, 3.63) is 0 Å². The predicted molar refractivity (Wildman–Crippen MR) is 74.3 cm³/mol. The molecule has 2 heterocycles. The molecular weight excluding hydrogens is 208 g/mol. The van der Waals surface area contributed by atoms with Crippen LogP contribution in [0.1, 0.15) is 52.4 Å². The first-order valence-electron chi connectivity index (χ1n) is 7.70. The van der Waals surface area contributed by atoms with Crippen LogP contribution in [0, 0.1) is 11.8 Å². The maximum absolute atomic E-state index is 3.47. The number of nitrogens with zero attached hydrogens (tertiary/aromatic N) is 1. The average molecular weight is 238 g/mol. The molecule has 1 N–H and O–H groups in total. The Kier molecular flexibility index (Phi) is 5.30. The fraction of sp³-hybridized carbons (Fsp3) is 1.00. The van der Waals surface area contributed by atoms with Gasteiger partial charge < -0.3 is 10.2 Å². The molecule has 0 spiro atoms. The summed E-state index contributed by atoms with van der Waals surface area (Å²) in [5, 5.41) is 3.47. The summed E-state index contributed by atoms with van der Waals surface area (Å²) in [6.45, 7) is 9.94. The van der Waals surface area contributed by atoms with Gasteiger partial charge in [0.2, 0.25) is 0 Å². The first-order chi connectivity index (χ1) is 8.25. The Morgan fingerprint density at radius 1 is 1.18 bits per heavy atom. The van der Waals surface area contributed by atoms with Gasteiger partial charge in [0.05, 0.1) is 0 Å². The van der Waals surface area contributed by atoms with Gasteiger partial charge in [-0.2, -0.15) is 0 Å². The molecule has 0 amide bonds. The summed E-state index contributed by atoms with van der Waals surface area (Å²) in [5.41, 5.74) is 0. The van der Waals surface area contributed by atoms with Crippen LogP contribution >= 0.6 is 0 Å². The van der Waals surface area contributed by atoms with Crippen LogP contribution < -0.4 is 5.32 Å². The van der Waals surface area contributed by atoms with Gasteiger partial charge >= 0.3 is 0 Å². The summed E-state index contributed by atoms with van der Waals surface area (Å²) in [4.78, 5) is 2.80. The predicted octanol–water partition coefficient (Wildman–Crippen LogP) is 2.89. The lowest BCUT2D eigenvalue weighted by molar-refractivity contribution is 0.180. The molecule has 2 nitrogen and oxygen atoms in total. The van der Waals surface area contributed by atoms with Crippen LogP contribution in [0.25, 0.3) is 0 Å². The molecule has 0 aromatic heterocycles. The first-order valence-corrected chi connectivity index (χ1v) is 7.70. The van der Waals surface area contributed by atoms with E-state index in [4.69, 9.17) is 0 Å². The lowest BCUT2D eigenvalue weighted by Crippen LogP contribution is -2.38. The lowest BCUT2D eigenvalue weighted by Gasteiger charge is -2.31. The third-order valence-electron chi connectivity index (χ3n) is 4.53. The highest BCUT2D eigenvalue weighted by atomic mass is 15.2. The molecule has 17 heavy (non-hydrogen) atoms. The Labute approximate surface area is 107 Å². The van der Waals surface area contributed by atoms with E-state index in [1.165, 1.54) is 64.7 Å². The third-order valence-corrected chi connectivity index (χ3v) is 4.53. The molecule has 0 bridgehead atoms. The van der Waals surface area contributed by atoms with Gasteiger partial charge in [0.25, 0.3) is 0 Å². The Morgan fingerprint density at radius 2 is 1.94 bits per heavy atom. The largest absolute Gasteiger partial charge is 0.317 e. The molecule has 2 heteroatoms. The fourth-order valence-electron chi connectivity index (χ4n) is 3.38. The van der Waals surface area contributed by atoms with Crippen molar-refractivity contribution in [2.45, 2.75) is 58.4 Å². The number of nitrogens with one attached hydrogen (secondary N) is 1. The number of hydrogen-bond acceptors (Lipinski definition) is 2. The van der Waals surface area contributed by atoms with E-state index in [1.54, 1.807) is 0 Å². The molecule has 2 saturated heterocycles. The van der Waals surface area contributed by atoms with Crippen LogP contribution in [0.15, 0.2) is 0 Å². The van der Waals surface area contributed by atoms with Gasteiger partial charge in [-0.1, -0.05) is 13.8 Å². The highest BCUT2D eigenvalue weighted by Gasteiger charge is 2.26. The highest BCUT2D eigenvalue weighted by Crippen LogP contribution is 2.25. The number of rotatable bonds is 5. The van der Waals surface area contributed by atoms with Crippen molar-refractivity contribution >= 4 is 0 Å². The van der Waals surface area contributed by atoms with Crippen LogP contribution in [-0.4, -0.2) is 37.1 Å². The minimum atomic E-state index is 0.872. The van der Waals surface area contributed by atoms with Gasteiger partial charge in [-0.25, -0.2) is 0 Å². The SMILES string of the molecule is CC(C)CCC1CCCN1CC1CCNCC1. The zero-order valence-electron chi connectivity index (χ0n) is 11.8. The molecule has 2 aliphatic rings. The normalized spacial score (nSPS) is 28.1. The molecule has 1 atom stereocenters. The second kappa shape index (κ2) is 6.75. The zero-order chi connectivity index (χ0) is 12.1. The van der Waals surface area contributed by atoms with E-state index >= 15 is 0 Å². The summed E-state index contributed by atoms with van der Waals surface area (Å²) >= 11 is 0. The molecule has 2 fully saturated rings. The Morgan fingerprint density at radius 3 is 2.65 bits per heavy atom. The monoisotopic (exact) mass is 238 g/mol. The van der Waals surface area contributed by atoms with E-state index in [-0.39, 0.29) is 0 Å². The van der Waals surface area contributed by atoms with Crippen LogP contribution in [0.5, 0.6) is 0 Å². The summed E-state index contributed by atoms with van der Waals surface area (Å²) in [5.74, 6) is 1.84. The molecule has 100 valence electrons. The molecule has 1 unspecified atom stereocenters. The standard InChI is InChI=1S/C15H30N2/c1-13(2)5-6-15-4-3-11-17(15)12-14-7-9-16-10-8-14/h13-16H,3-12H2,1-2H3.